The van der Waals surface area contributed by atoms with Gasteiger partial charge in [0, 0.05) is 32.2 Å². The molecule has 0 radical (unpaired) electrons. The van der Waals surface area contributed by atoms with Crippen molar-refractivity contribution in [2.45, 2.75) is 18.9 Å². The van der Waals surface area contributed by atoms with E-state index in [4.69, 9.17) is 0 Å². The van der Waals surface area contributed by atoms with Gasteiger partial charge in [-0.25, -0.2) is 0 Å². The molecule has 108 valence electrons. The minimum atomic E-state index is 0.262. The molecule has 1 heterocycles. The van der Waals surface area contributed by atoms with E-state index in [0.717, 1.165) is 39.0 Å². The lowest BCUT2D eigenvalue weighted by Crippen LogP contribution is -2.49. The van der Waals surface area contributed by atoms with Crippen molar-refractivity contribution in [1.29, 1.82) is 0 Å². The molecule has 0 spiro atoms. The van der Waals surface area contributed by atoms with Crippen LogP contribution in [0.4, 0.5) is 0 Å². The van der Waals surface area contributed by atoms with Crippen LogP contribution < -0.4 is 5.32 Å². The summed E-state index contributed by atoms with van der Waals surface area (Å²) in [5, 5.41) is 3.28. The van der Waals surface area contributed by atoms with Crippen molar-refractivity contribution in [1.82, 2.24) is 15.1 Å². The van der Waals surface area contributed by atoms with Gasteiger partial charge in [-0.05, 0) is 31.0 Å². The lowest BCUT2D eigenvalue weighted by atomic mass is 10.1. The van der Waals surface area contributed by atoms with Crippen LogP contribution in [-0.2, 0) is 11.2 Å². The highest BCUT2D eigenvalue weighted by Gasteiger charge is 2.27. The number of nitrogens with one attached hydrogen (secondary N) is 1. The van der Waals surface area contributed by atoms with Crippen LogP contribution in [0.2, 0.25) is 0 Å². The molecule has 4 nitrogen and oxygen atoms in total. The Morgan fingerprint density at radius 1 is 1.35 bits per heavy atom. The summed E-state index contributed by atoms with van der Waals surface area (Å²) in [5.41, 5.74) is 2.85. The molecule has 1 aromatic carbocycles. The van der Waals surface area contributed by atoms with Crippen molar-refractivity contribution in [3.05, 3.63) is 35.4 Å². The van der Waals surface area contributed by atoms with Crippen LogP contribution in [-0.4, -0.2) is 55.5 Å². The minimum absolute atomic E-state index is 0.262. The Hall–Kier alpha value is -1.39. The van der Waals surface area contributed by atoms with Gasteiger partial charge in [0.1, 0.15) is 0 Å². The molecule has 1 aromatic rings. The van der Waals surface area contributed by atoms with Gasteiger partial charge in [0.2, 0.25) is 5.91 Å². The SMILES string of the molecule is CN(CC(=O)N1CCNCC1)C1CCc2ccccc21. The number of carbonyl (C=O) groups is 1. The van der Waals surface area contributed by atoms with Crippen molar-refractivity contribution in [2.75, 3.05) is 39.8 Å². The monoisotopic (exact) mass is 273 g/mol. The second-order valence-electron chi connectivity index (χ2n) is 5.80. The summed E-state index contributed by atoms with van der Waals surface area (Å²) >= 11 is 0. The fourth-order valence-corrected chi connectivity index (χ4v) is 3.33. The van der Waals surface area contributed by atoms with E-state index in [1.165, 1.54) is 11.1 Å². The summed E-state index contributed by atoms with van der Waals surface area (Å²) < 4.78 is 0. The molecule has 0 saturated carbocycles. The van der Waals surface area contributed by atoms with Crippen LogP contribution >= 0.6 is 0 Å². The number of hydrogen-bond acceptors (Lipinski definition) is 3. The van der Waals surface area contributed by atoms with Crippen LogP contribution in [0.15, 0.2) is 24.3 Å². The predicted octanol–water partition coefficient (Wildman–Crippen LogP) is 1.04. The second kappa shape index (κ2) is 5.94. The summed E-state index contributed by atoms with van der Waals surface area (Å²) in [4.78, 5) is 16.5. The van der Waals surface area contributed by atoms with E-state index in [2.05, 4.69) is 41.5 Å². The first-order valence-electron chi connectivity index (χ1n) is 7.52. The third-order valence-corrected chi connectivity index (χ3v) is 4.49. The summed E-state index contributed by atoms with van der Waals surface area (Å²) in [7, 11) is 2.08. The Labute approximate surface area is 120 Å². The van der Waals surface area contributed by atoms with Gasteiger partial charge >= 0.3 is 0 Å². The summed E-state index contributed by atoms with van der Waals surface area (Å²) in [6, 6.07) is 9.02. The number of carbonyl (C=O) groups excluding carboxylic acids is 1. The zero-order chi connectivity index (χ0) is 13.9. The molecule has 1 saturated heterocycles. The first-order valence-corrected chi connectivity index (χ1v) is 7.52. The molecule has 0 aromatic heterocycles. The van der Waals surface area contributed by atoms with Gasteiger partial charge in [-0.1, -0.05) is 24.3 Å². The standard InChI is InChI=1S/C16H23N3O/c1-18(12-16(20)19-10-8-17-9-11-19)15-7-6-13-4-2-3-5-14(13)15/h2-5,15,17H,6-12H2,1H3. The maximum absolute atomic E-state index is 12.3. The number of hydrogen-bond donors (Lipinski definition) is 1. The summed E-state index contributed by atoms with van der Waals surface area (Å²) in [5.74, 6) is 0.262. The van der Waals surface area contributed by atoms with Crippen molar-refractivity contribution in [2.24, 2.45) is 0 Å². The van der Waals surface area contributed by atoms with Gasteiger partial charge in [0.25, 0.3) is 0 Å². The Kier molecular flexibility index (Phi) is 4.03. The Morgan fingerprint density at radius 3 is 2.90 bits per heavy atom. The smallest absolute Gasteiger partial charge is 0.236 e. The van der Waals surface area contributed by atoms with Crippen LogP contribution in [0.5, 0.6) is 0 Å². The molecule has 1 unspecified atom stereocenters. The second-order valence-corrected chi connectivity index (χ2v) is 5.80. The fourth-order valence-electron chi connectivity index (χ4n) is 3.33. The van der Waals surface area contributed by atoms with E-state index in [1.807, 2.05) is 4.90 Å². The normalized spacial score (nSPS) is 22.1. The molecule has 1 amide bonds. The number of benzene rings is 1. The third-order valence-electron chi connectivity index (χ3n) is 4.49. The first kappa shape index (κ1) is 13.6. The molecule has 4 heteroatoms. The van der Waals surface area contributed by atoms with Crippen molar-refractivity contribution >= 4 is 5.91 Å². The minimum Gasteiger partial charge on any atom is -0.339 e. The molecule has 1 aliphatic heterocycles. The van der Waals surface area contributed by atoms with Gasteiger partial charge in [-0.15, -0.1) is 0 Å². The van der Waals surface area contributed by atoms with E-state index < -0.39 is 0 Å². The van der Waals surface area contributed by atoms with E-state index in [-0.39, 0.29) is 5.91 Å². The van der Waals surface area contributed by atoms with Gasteiger partial charge in [-0.2, -0.15) is 0 Å². The summed E-state index contributed by atoms with van der Waals surface area (Å²) in [6.07, 6.45) is 2.26. The number of likely N-dealkylation sites (N-methyl/N-ethyl adjacent to an activating group) is 1. The predicted molar refractivity (Wildman–Crippen MR) is 79.6 cm³/mol. The highest BCUT2D eigenvalue weighted by Crippen LogP contribution is 2.34. The lowest BCUT2D eigenvalue weighted by molar-refractivity contribution is -0.133. The molecule has 1 aliphatic carbocycles. The molecule has 1 N–H and O–H groups in total. The lowest BCUT2D eigenvalue weighted by Gasteiger charge is -2.31. The molecule has 0 bridgehead atoms. The highest BCUT2D eigenvalue weighted by molar-refractivity contribution is 5.78. The van der Waals surface area contributed by atoms with Crippen LogP contribution in [0, 0.1) is 0 Å². The fraction of sp³-hybridized carbons (Fsp3) is 0.562. The topological polar surface area (TPSA) is 35.6 Å². The third kappa shape index (κ3) is 2.72. The number of rotatable bonds is 3. The van der Waals surface area contributed by atoms with Gasteiger partial charge in [0.15, 0.2) is 0 Å². The molecule has 2 aliphatic rings. The molecule has 3 rings (SSSR count). The maximum atomic E-state index is 12.3. The Bertz CT molecular complexity index is 482. The number of aryl methyl sites for hydroxylation is 1. The van der Waals surface area contributed by atoms with Crippen molar-refractivity contribution in [3.63, 3.8) is 0 Å². The average Bonchev–Trinajstić information content (AvgIpc) is 2.92. The van der Waals surface area contributed by atoms with Crippen LogP contribution in [0.3, 0.4) is 0 Å². The average molecular weight is 273 g/mol. The maximum Gasteiger partial charge on any atom is 0.236 e. The number of amides is 1. The first-order chi connectivity index (χ1) is 9.75. The molecular formula is C16H23N3O. The Morgan fingerprint density at radius 2 is 2.10 bits per heavy atom. The quantitative estimate of drug-likeness (QED) is 0.894. The van der Waals surface area contributed by atoms with Crippen LogP contribution in [0.1, 0.15) is 23.6 Å². The molecular weight excluding hydrogens is 250 g/mol. The number of nitrogens with zero attached hydrogens (tertiary/aromatic N) is 2. The Balaban J connectivity index is 1.62. The molecule has 20 heavy (non-hydrogen) atoms. The molecule has 1 fully saturated rings. The van der Waals surface area contributed by atoms with E-state index in [1.54, 1.807) is 0 Å². The van der Waals surface area contributed by atoms with Crippen molar-refractivity contribution in [3.8, 4) is 0 Å². The van der Waals surface area contributed by atoms with Gasteiger partial charge in [-0.3, -0.25) is 9.69 Å². The zero-order valence-electron chi connectivity index (χ0n) is 12.1. The number of piperazine rings is 1. The largest absolute Gasteiger partial charge is 0.339 e. The van der Waals surface area contributed by atoms with Crippen molar-refractivity contribution < 1.29 is 4.79 Å². The van der Waals surface area contributed by atoms with Gasteiger partial charge in [0.05, 0.1) is 6.54 Å². The van der Waals surface area contributed by atoms with E-state index >= 15 is 0 Å². The highest BCUT2D eigenvalue weighted by atomic mass is 16.2. The number of fused-ring (bicyclic) bond motifs is 1. The van der Waals surface area contributed by atoms with Gasteiger partial charge < -0.3 is 10.2 Å². The molecule has 1 atom stereocenters. The van der Waals surface area contributed by atoms with Crippen LogP contribution in [0.25, 0.3) is 0 Å². The summed E-state index contributed by atoms with van der Waals surface area (Å²) in [6.45, 7) is 4.05. The van der Waals surface area contributed by atoms with E-state index in [0.29, 0.717) is 12.6 Å². The zero-order valence-corrected chi connectivity index (χ0v) is 12.1. The van der Waals surface area contributed by atoms with E-state index in [9.17, 15) is 4.79 Å².